The van der Waals surface area contributed by atoms with Gasteiger partial charge in [0.15, 0.2) is 0 Å². The zero-order valence-corrected chi connectivity index (χ0v) is 9.93. The first kappa shape index (κ1) is 11.5. The lowest BCUT2D eigenvalue weighted by atomic mass is 10.2. The fourth-order valence-electron chi connectivity index (χ4n) is 2.00. The number of carboxylic acids is 1. The van der Waals surface area contributed by atoms with Crippen LogP contribution in [0.3, 0.4) is 0 Å². The van der Waals surface area contributed by atoms with Crippen molar-refractivity contribution >= 4 is 5.97 Å². The maximum absolute atomic E-state index is 11.1. The lowest BCUT2D eigenvalue weighted by molar-refractivity contribution is 0.0696. The minimum absolute atomic E-state index is 0.338. The van der Waals surface area contributed by atoms with Gasteiger partial charge in [-0.2, -0.15) is 0 Å². The number of rotatable bonds is 4. The lowest BCUT2D eigenvalue weighted by Crippen LogP contribution is -2.03. The highest BCUT2D eigenvalue weighted by Crippen LogP contribution is 2.26. The van der Waals surface area contributed by atoms with Crippen molar-refractivity contribution in [2.75, 3.05) is 0 Å². The molecular formula is C13H15NO3. The van der Waals surface area contributed by atoms with Gasteiger partial charge in [0.05, 0.1) is 17.5 Å². The van der Waals surface area contributed by atoms with Gasteiger partial charge in [-0.15, -0.1) is 0 Å². The molecule has 0 unspecified atom stereocenters. The zero-order valence-electron chi connectivity index (χ0n) is 9.93. The highest BCUT2D eigenvalue weighted by atomic mass is 16.4. The molecule has 0 atom stereocenters. The van der Waals surface area contributed by atoms with E-state index in [-0.39, 0.29) is 0 Å². The van der Waals surface area contributed by atoms with Crippen LogP contribution in [0.5, 0.6) is 0 Å². The van der Waals surface area contributed by atoms with Crippen LogP contribution in [0.15, 0.2) is 28.9 Å². The van der Waals surface area contributed by atoms with Crippen molar-refractivity contribution in [2.45, 2.75) is 26.8 Å². The second kappa shape index (κ2) is 4.49. The Balaban J connectivity index is 2.57. The molecule has 4 nitrogen and oxygen atoms in total. The molecule has 90 valence electrons. The van der Waals surface area contributed by atoms with Gasteiger partial charge in [-0.3, -0.25) is 0 Å². The molecule has 0 saturated carbocycles. The van der Waals surface area contributed by atoms with Crippen LogP contribution in [-0.4, -0.2) is 15.6 Å². The van der Waals surface area contributed by atoms with Gasteiger partial charge >= 0.3 is 5.97 Å². The quantitative estimate of drug-likeness (QED) is 0.882. The second-order valence-corrected chi connectivity index (χ2v) is 3.96. The third-order valence-electron chi connectivity index (χ3n) is 2.82. The van der Waals surface area contributed by atoms with Gasteiger partial charge in [0.2, 0.25) is 0 Å². The summed E-state index contributed by atoms with van der Waals surface area (Å²) in [7, 11) is 0. The van der Waals surface area contributed by atoms with Crippen LogP contribution in [0, 0.1) is 6.92 Å². The highest BCUT2D eigenvalue weighted by molar-refractivity contribution is 5.90. The van der Waals surface area contributed by atoms with Gasteiger partial charge in [0.25, 0.3) is 0 Å². The molecule has 0 spiro atoms. The van der Waals surface area contributed by atoms with E-state index >= 15 is 0 Å². The summed E-state index contributed by atoms with van der Waals surface area (Å²) in [5, 5.41) is 9.13. The first-order chi connectivity index (χ1) is 8.15. The Hall–Kier alpha value is -1.97. The normalized spacial score (nSPS) is 10.7. The number of nitrogens with zero attached hydrogens (tertiary/aromatic N) is 1. The fraction of sp³-hybridized carbons (Fsp3) is 0.308. The summed E-state index contributed by atoms with van der Waals surface area (Å²) in [6, 6.07) is 5.31. The van der Waals surface area contributed by atoms with Crippen molar-refractivity contribution < 1.29 is 14.3 Å². The van der Waals surface area contributed by atoms with E-state index in [9.17, 15) is 4.79 Å². The van der Waals surface area contributed by atoms with Crippen molar-refractivity contribution in [3.8, 4) is 11.5 Å². The Morgan fingerprint density at radius 2 is 2.29 bits per heavy atom. The molecule has 1 N–H and O–H groups in total. The SMILES string of the molecule is CCCn1c(-c2ccco2)cc(C(=O)O)c1C. The van der Waals surface area contributed by atoms with Crippen LogP contribution in [0.4, 0.5) is 0 Å². The molecule has 0 aromatic carbocycles. The summed E-state index contributed by atoms with van der Waals surface area (Å²) in [6.07, 6.45) is 2.54. The molecule has 0 saturated heterocycles. The average molecular weight is 233 g/mol. The number of hydrogen-bond acceptors (Lipinski definition) is 2. The standard InChI is InChI=1S/C13H15NO3/c1-3-6-14-9(2)10(13(15)16)8-11(14)12-5-4-7-17-12/h4-5,7-8H,3,6H2,1-2H3,(H,15,16). The van der Waals surface area contributed by atoms with Crippen LogP contribution in [0.1, 0.15) is 29.4 Å². The Kier molecular flexibility index (Phi) is 3.04. The van der Waals surface area contributed by atoms with Crippen LogP contribution < -0.4 is 0 Å². The summed E-state index contributed by atoms with van der Waals surface area (Å²) in [6.45, 7) is 4.67. The van der Waals surface area contributed by atoms with E-state index in [4.69, 9.17) is 9.52 Å². The number of aromatic carboxylic acids is 1. The number of furan rings is 1. The molecule has 2 aromatic heterocycles. The fourth-order valence-corrected chi connectivity index (χ4v) is 2.00. The van der Waals surface area contributed by atoms with Crippen molar-refractivity contribution in [1.29, 1.82) is 0 Å². The first-order valence-corrected chi connectivity index (χ1v) is 5.62. The summed E-state index contributed by atoms with van der Waals surface area (Å²) in [5.74, 6) is -0.195. The molecule has 4 heteroatoms. The van der Waals surface area contributed by atoms with Crippen molar-refractivity contribution in [1.82, 2.24) is 4.57 Å². The van der Waals surface area contributed by atoms with Crippen molar-refractivity contribution in [3.05, 3.63) is 35.7 Å². The van der Waals surface area contributed by atoms with Crippen LogP contribution in [0.25, 0.3) is 11.5 Å². The number of carbonyl (C=O) groups is 1. The van der Waals surface area contributed by atoms with Gasteiger partial charge in [-0.25, -0.2) is 4.79 Å². The van der Waals surface area contributed by atoms with E-state index in [1.54, 1.807) is 18.4 Å². The predicted molar refractivity (Wildman–Crippen MR) is 64.1 cm³/mol. The molecule has 2 aromatic rings. The molecule has 0 aliphatic carbocycles. The smallest absolute Gasteiger partial charge is 0.337 e. The van der Waals surface area contributed by atoms with E-state index in [2.05, 4.69) is 6.92 Å². The van der Waals surface area contributed by atoms with Gasteiger partial charge in [0, 0.05) is 12.2 Å². The molecule has 0 amide bonds. The van der Waals surface area contributed by atoms with Crippen LogP contribution in [0.2, 0.25) is 0 Å². The van der Waals surface area contributed by atoms with E-state index in [1.807, 2.05) is 17.6 Å². The van der Waals surface area contributed by atoms with Gasteiger partial charge in [0.1, 0.15) is 5.76 Å². The highest BCUT2D eigenvalue weighted by Gasteiger charge is 2.18. The lowest BCUT2D eigenvalue weighted by Gasteiger charge is -2.08. The largest absolute Gasteiger partial charge is 0.478 e. The van der Waals surface area contributed by atoms with E-state index in [0.29, 0.717) is 11.3 Å². The molecule has 0 bridgehead atoms. The van der Waals surface area contributed by atoms with E-state index in [1.165, 1.54) is 0 Å². The van der Waals surface area contributed by atoms with Gasteiger partial charge in [-0.1, -0.05) is 6.92 Å². The molecular weight excluding hydrogens is 218 g/mol. The summed E-state index contributed by atoms with van der Waals surface area (Å²) >= 11 is 0. The molecule has 0 aliphatic heterocycles. The molecule has 0 aliphatic rings. The zero-order chi connectivity index (χ0) is 12.4. The topological polar surface area (TPSA) is 55.4 Å². The van der Waals surface area contributed by atoms with Crippen molar-refractivity contribution in [2.24, 2.45) is 0 Å². The van der Waals surface area contributed by atoms with Crippen molar-refractivity contribution in [3.63, 3.8) is 0 Å². The Morgan fingerprint density at radius 1 is 1.53 bits per heavy atom. The number of aromatic nitrogens is 1. The molecule has 0 radical (unpaired) electrons. The van der Waals surface area contributed by atoms with E-state index < -0.39 is 5.97 Å². The molecule has 17 heavy (non-hydrogen) atoms. The van der Waals surface area contributed by atoms with Crippen LogP contribution in [-0.2, 0) is 6.54 Å². The molecule has 2 heterocycles. The third-order valence-corrected chi connectivity index (χ3v) is 2.82. The average Bonchev–Trinajstić information content (AvgIpc) is 2.88. The third kappa shape index (κ3) is 1.98. The Labute approximate surface area is 99.5 Å². The number of carboxylic acid groups (broad SMARTS) is 1. The minimum Gasteiger partial charge on any atom is -0.478 e. The minimum atomic E-state index is -0.898. The summed E-state index contributed by atoms with van der Waals surface area (Å²) in [4.78, 5) is 11.1. The second-order valence-electron chi connectivity index (χ2n) is 3.96. The maximum Gasteiger partial charge on any atom is 0.337 e. The molecule has 2 rings (SSSR count). The van der Waals surface area contributed by atoms with Crippen LogP contribution >= 0.6 is 0 Å². The Morgan fingerprint density at radius 3 is 2.82 bits per heavy atom. The van der Waals surface area contributed by atoms with Gasteiger partial charge < -0.3 is 14.1 Å². The summed E-state index contributed by atoms with van der Waals surface area (Å²) in [5.41, 5.74) is 1.93. The predicted octanol–water partition coefficient (Wildman–Crippen LogP) is 3.16. The Bertz CT molecular complexity index is 523. The molecule has 0 fully saturated rings. The first-order valence-electron chi connectivity index (χ1n) is 5.62. The number of hydrogen-bond donors (Lipinski definition) is 1. The monoisotopic (exact) mass is 233 g/mol. The van der Waals surface area contributed by atoms with E-state index in [0.717, 1.165) is 24.4 Å². The maximum atomic E-state index is 11.1. The van der Waals surface area contributed by atoms with Gasteiger partial charge in [-0.05, 0) is 31.5 Å². The summed E-state index contributed by atoms with van der Waals surface area (Å²) < 4.78 is 7.33.